The number of hydrogen-bond donors (Lipinski definition) is 0. The predicted molar refractivity (Wildman–Crippen MR) is 108 cm³/mol. The zero-order chi connectivity index (χ0) is 19.3. The van der Waals surface area contributed by atoms with Gasteiger partial charge in [0.25, 0.3) is 0 Å². The van der Waals surface area contributed by atoms with Gasteiger partial charge in [0.2, 0.25) is 0 Å². The second-order valence-electron chi connectivity index (χ2n) is 5.80. The topological polar surface area (TPSA) is 51.9 Å². The van der Waals surface area contributed by atoms with E-state index in [1.54, 1.807) is 36.4 Å². The average Bonchev–Trinajstić information content (AvgIpc) is 2.76. The van der Waals surface area contributed by atoms with E-state index in [9.17, 15) is 0 Å². The minimum atomic E-state index is -0.746. The van der Waals surface area contributed by atoms with E-state index in [0.717, 1.165) is 27.7 Å². The van der Waals surface area contributed by atoms with Crippen molar-refractivity contribution in [2.45, 2.75) is 4.75 Å². The van der Waals surface area contributed by atoms with Crippen molar-refractivity contribution in [2.24, 2.45) is 0 Å². The summed E-state index contributed by atoms with van der Waals surface area (Å²) in [6.07, 6.45) is 0. The molecule has 0 atom stereocenters. The largest absolute Gasteiger partial charge is 0.238 e. The molecule has 0 saturated heterocycles. The molecule has 5 heteroatoms. The van der Waals surface area contributed by atoms with Crippen molar-refractivity contribution in [2.75, 3.05) is 0 Å². The van der Waals surface area contributed by atoms with Crippen LogP contribution >= 0.6 is 21.7 Å². The summed E-state index contributed by atoms with van der Waals surface area (Å²) in [5.41, 5.74) is 4.39. The molecule has 27 heavy (non-hydrogen) atoms. The highest BCUT2D eigenvalue weighted by Gasteiger charge is 2.37. The van der Waals surface area contributed by atoms with Crippen LogP contribution in [0.25, 0.3) is 4.85 Å². The van der Waals surface area contributed by atoms with Gasteiger partial charge in [-0.05, 0) is 62.6 Å². The van der Waals surface area contributed by atoms with Crippen LogP contribution in [0.2, 0.25) is 0 Å². The Morgan fingerprint density at radius 1 is 0.741 bits per heavy atom. The highest BCUT2D eigenvalue weighted by atomic mass is 35.7. The zero-order valence-electron chi connectivity index (χ0n) is 14.1. The second-order valence-corrected chi connectivity index (χ2v) is 7.02. The maximum atomic E-state index is 9.10. The Morgan fingerprint density at radius 3 is 1.41 bits per heavy atom. The minimum absolute atomic E-state index is 0.548. The Hall–Kier alpha value is -3.23. The molecular weight excluding hydrogens is 374 g/mol. The van der Waals surface area contributed by atoms with Crippen LogP contribution in [0.1, 0.15) is 27.8 Å². The van der Waals surface area contributed by atoms with E-state index in [1.807, 2.05) is 36.4 Å². The lowest BCUT2D eigenvalue weighted by molar-refractivity contribution is 0.902. The molecule has 0 radical (unpaired) electrons. The molecule has 0 fully saturated rings. The van der Waals surface area contributed by atoms with Crippen molar-refractivity contribution < 1.29 is 0 Å². The van der Waals surface area contributed by atoms with Gasteiger partial charge in [0.1, 0.15) is 4.75 Å². The quantitative estimate of drug-likeness (QED) is 0.399. The van der Waals surface area contributed by atoms with Gasteiger partial charge in [-0.2, -0.15) is 10.5 Å². The van der Waals surface area contributed by atoms with Crippen LogP contribution in [0.3, 0.4) is 0 Å². The third kappa shape index (κ3) is 3.40. The highest BCUT2D eigenvalue weighted by molar-refractivity contribution is 8.22. The Morgan fingerprint density at radius 2 is 1.11 bits per heavy atom. The van der Waals surface area contributed by atoms with E-state index < -0.39 is 4.75 Å². The first kappa shape index (κ1) is 18.6. The van der Waals surface area contributed by atoms with Crippen LogP contribution < -0.4 is 0 Å². The lowest BCUT2D eigenvalue weighted by Gasteiger charge is -2.33. The van der Waals surface area contributed by atoms with Crippen LogP contribution in [0, 0.1) is 29.2 Å². The number of benzene rings is 3. The smallest absolute Gasteiger partial charge is 0.187 e. The molecule has 0 amide bonds. The van der Waals surface area contributed by atoms with E-state index >= 15 is 0 Å². The van der Waals surface area contributed by atoms with Crippen LogP contribution in [0.15, 0.2) is 72.8 Å². The van der Waals surface area contributed by atoms with Crippen molar-refractivity contribution in [3.63, 3.8) is 0 Å². The summed E-state index contributed by atoms with van der Waals surface area (Å²) in [5, 5.41) is 18.2. The summed E-state index contributed by atoms with van der Waals surface area (Å²) in [5.74, 6) is 0. The summed E-state index contributed by atoms with van der Waals surface area (Å²) in [4.78, 5) is 3.45. The first-order valence-electron chi connectivity index (χ1n) is 7.97. The number of halogens is 1. The molecule has 0 unspecified atom stereocenters. The van der Waals surface area contributed by atoms with Gasteiger partial charge >= 0.3 is 0 Å². The maximum absolute atomic E-state index is 9.10. The number of hydrogen-bond acceptors (Lipinski definition) is 3. The number of nitrogens with zero attached hydrogens (tertiary/aromatic N) is 3. The van der Waals surface area contributed by atoms with Crippen LogP contribution in [0.4, 0.5) is 5.69 Å². The summed E-state index contributed by atoms with van der Waals surface area (Å²) in [7, 11) is 7.62. The normalized spacial score (nSPS) is 10.4. The molecule has 0 bridgehead atoms. The highest BCUT2D eigenvalue weighted by Crippen LogP contribution is 2.50. The Balaban J connectivity index is 2.26. The molecule has 0 aliphatic carbocycles. The molecule has 0 N–H and O–H groups in total. The van der Waals surface area contributed by atoms with E-state index in [0.29, 0.717) is 16.8 Å². The Kier molecular flexibility index (Phi) is 5.49. The molecule has 0 aliphatic rings. The summed E-state index contributed by atoms with van der Waals surface area (Å²) in [6.45, 7) is 7.17. The molecule has 3 aromatic carbocycles. The number of rotatable bonds is 4. The third-order valence-electron chi connectivity index (χ3n) is 4.36. The van der Waals surface area contributed by atoms with Crippen LogP contribution in [-0.4, -0.2) is 0 Å². The van der Waals surface area contributed by atoms with Crippen molar-refractivity contribution in [3.8, 4) is 12.1 Å². The maximum Gasteiger partial charge on any atom is 0.187 e. The summed E-state index contributed by atoms with van der Waals surface area (Å²) >= 11 is 0. The molecule has 3 aromatic rings. The monoisotopic (exact) mass is 385 g/mol. The molecule has 3 rings (SSSR count). The molecule has 0 heterocycles. The minimum Gasteiger partial charge on any atom is -0.238 e. The first-order valence-corrected chi connectivity index (χ1v) is 9.61. The van der Waals surface area contributed by atoms with E-state index in [-0.39, 0.29) is 0 Å². The first-order chi connectivity index (χ1) is 13.2. The van der Waals surface area contributed by atoms with E-state index in [2.05, 4.69) is 17.0 Å². The van der Waals surface area contributed by atoms with Crippen molar-refractivity contribution in [1.29, 1.82) is 10.5 Å². The number of nitriles is 2. The fraction of sp³-hybridized carbons (Fsp3) is 0.0455. The van der Waals surface area contributed by atoms with E-state index in [1.165, 1.54) is 0 Å². The summed E-state index contributed by atoms with van der Waals surface area (Å²) in [6, 6.07) is 26.1. The van der Waals surface area contributed by atoms with Gasteiger partial charge in [-0.25, -0.2) is 4.85 Å². The lowest BCUT2D eigenvalue weighted by atomic mass is 9.83. The van der Waals surface area contributed by atoms with Gasteiger partial charge in [-0.1, -0.05) is 48.5 Å². The lowest BCUT2D eigenvalue weighted by Crippen LogP contribution is -2.24. The zero-order valence-corrected chi connectivity index (χ0v) is 15.6. The van der Waals surface area contributed by atoms with Gasteiger partial charge in [0, 0.05) is 0 Å². The van der Waals surface area contributed by atoms with Gasteiger partial charge in [-0.3, -0.25) is 0 Å². The average molecular weight is 386 g/mol. The SMILES string of the molecule is [C-]#[N+]c1ccc(C(SCl)(c2ccc(C#N)cc2)c2ccc(C#N)cc2)cc1. The van der Waals surface area contributed by atoms with E-state index in [4.69, 9.17) is 27.8 Å². The van der Waals surface area contributed by atoms with Gasteiger partial charge in [0.05, 0.1) is 29.8 Å². The van der Waals surface area contributed by atoms with Crippen molar-refractivity contribution >= 4 is 27.3 Å². The van der Waals surface area contributed by atoms with Gasteiger partial charge < -0.3 is 0 Å². The molecule has 0 aromatic heterocycles. The fourth-order valence-corrected chi connectivity index (χ4v) is 4.44. The third-order valence-corrected chi connectivity index (χ3v) is 5.99. The molecule has 0 aliphatic heterocycles. The van der Waals surface area contributed by atoms with Gasteiger partial charge in [0.15, 0.2) is 5.69 Å². The van der Waals surface area contributed by atoms with Crippen molar-refractivity contribution in [1.82, 2.24) is 0 Å². The molecular formula is C22H12ClN3S. The Bertz CT molecular complexity index is 928. The molecule has 3 nitrogen and oxygen atoms in total. The van der Waals surface area contributed by atoms with Gasteiger partial charge in [-0.15, -0.1) is 0 Å². The van der Waals surface area contributed by atoms with Crippen molar-refractivity contribution in [3.05, 3.63) is 112 Å². The fourth-order valence-electron chi connectivity index (χ4n) is 2.96. The van der Waals surface area contributed by atoms with Crippen LogP contribution in [-0.2, 0) is 4.75 Å². The molecule has 0 spiro atoms. The predicted octanol–water partition coefficient (Wildman–Crippen LogP) is 6.16. The standard InChI is InChI=1S/C22H12ClN3S/c1-26-21-12-10-20(11-13-21)22(27-23,18-6-2-16(14-24)3-7-18)19-8-4-17(15-25)5-9-19/h2-13H. The summed E-state index contributed by atoms with van der Waals surface area (Å²) < 4.78 is -0.746. The van der Waals surface area contributed by atoms with Crippen LogP contribution in [0.5, 0.6) is 0 Å². The molecule has 128 valence electrons. The Labute approximate surface area is 166 Å². The molecule has 0 saturated carbocycles. The second kappa shape index (κ2) is 7.98.